The van der Waals surface area contributed by atoms with Gasteiger partial charge in [-0.1, -0.05) is 12.1 Å². The first-order valence-electron chi connectivity index (χ1n) is 6.60. The highest BCUT2D eigenvalue weighted by Gasteiger charge is 2.12. The third kappa shape index (κ3) is 3.51. The molecule has 1 atom stereocenters. The van der Waals surface area contributed by atoms with E-state index in [-0.39, 0.29) is 0 Å². The van der Waals surface area contributed by atoms with Gasteiger partial charge < -0.3 is 10.0 Å². The zero-order valence-electron chi connectivity index (χ0n) is 10.5. The molecule has 0 bridgehead atoms. The molecule has 0 radical (unpaired) electrons. The molecule has 2 heterocycles. The highest BCUT2D eigenvalue weighted by molar-refractivity contribution is 4.96. The SMILES string of the molecule is CCC(O)c1cn(CCCN2CCCC2)nn1. The standard InChI is InChI=1S/C12H22N4O/c1-2-12(17)11-10-16(14-13-11)9-5-8-15-6-3-4-7-15/h10,12,17H,2-9H2,1H3. The van der Waals surface area contributed by atoms with Crippen LogP contribution in [0.15, 0.2) is 6.20 Å². The summed E-state index contributed by atoms with van der Waals surface area (Å²) in [5.41, 5.74) is 0.689. The van der Waals surface area contributed by atoms with Gasteiger partial charge in [-0.05, 0) is 45.3 Å². The average molecular weight is 238 g/mol. The normalized spacial score (nSPS) is 18.7. The Bertz CT molecular complexity index is 333. The second-order valence-electron chi connectivity index (χ2n) is 4.73. The Kier molecular flexibility index (Phi) is 4.50. The lowest BCUT2D eigenvalue weighted by atomic mass is 10.2. The zero-order valence-corrected chi connectivity index (χ0v) is 10.5. The molecular formula is C12H22N4O. The summed E-state index contributed by atoms with van der Waals surface area (Å²) in [6.07, 6.45) is 5.87. The van der Waals surface area contributed by atoms with Gasteiger partial charge in [-0.3, -0.25) is 4.68 Å². The molecule has 1 unspecified atom stereocenters. The molecule has 96 valence electrons. The van der Waals surface area contributed by atoms with Crippen LogP contribution < -0.4 is 0 Å². The number of nitrogens with zero attached hydrogens (tertiary/aromatic N) is 4. The predicted molar refractivity (Wildman–Crippen MR) is 65.6 cm³/mol. The van der Waals surface area contributed by atoms with Crippen LogP contribution in [0.3, 0.4) is 0 Å². The molecule has 1 aliphatic heterocycles. The van der Waals surface area contributed by atoms with Gasteiger partial charge in [-0.2, -0.15) is 0 Å². The molecule has 1 aromatic heterocycles. The number of hydrogen-bond donors (Lipinski definition) is 1. The minimum Gasteiger partial charge on any atom is -0.387 e. The average Bonchev–Trinajstić information content (AvgIpc) is 2.99. The van der Waals surface area contributed by atoms with E-state index < -0.39 is 6.10 Å². The maximum Gasteiger partial charge on any atom is 0.111 e. The van der Waals surface area contributed by atoms with Gasteiger partial charge in [-0.15, -0.1) is 5.10 Å². The van der Waals surface area contributed by atoms with Crippen LogP contribution in [0.5, 0.6) is 0 Å². The molecule has 1 N–H and O–H groups in total. The van der Waals surface area contributed by atoms with Crippen LogP contribution in [0.1, 0.15) is 44.4 Å². The molecule has 1 saturated heterocycles. The Morgan fingerprint density at radius 3 is 2.82 bits per heavy atom. The fraction of sp³-hybridized carbons (Fsp3) is 0.833. The molecule has 0 saturated carbocycles. The number of aromatic nitrogens is 3. The Morgan fingerprint density at radius 2 is 2.12 bits per heavy atom. The van der Waals surface area contributed by atoms with Gasteiger partial charge >= 0.3 is 0 Å². The first kappa shape index (κ1) is 12.5. The van der Waals surface area contributed by atoms with Crippen LogP contribution in [-0.2, 0) is 6.54 Å². The number of aliphatic hydroxyl groups is 1. The molecule has 1 aromatic rings. The van der Waals surface area contributed by atoms with E-state index in [0.29, 0.717) is 12.1 Å². The predicted octanol–water partition coefficient (Wildman–Crippen LogP) is 1.21. The minimum absolute atomic E-state index is 0.470. The molecular weight excluding hydrogens is 216 g/mol. The van der Waals surface area contributed by atoms with Crippen LogP contribution in [0, 0.1) is 0 Å². The second-order valence-corrected chi connectivity index (χ2v) is 4.73. The van der Waals surface area contributed by atoms with E-state index in [1.807, 2.05) is 17.8 Å². The van der Waals surface area contributed by atoms with Crippen molar-refractivity contribution in [2.75, 3.05) is 19.6 Å². The summed E-state index contributed by atoms with van der Waals surface area (Å²) in [5.74, 6) is 0. The van der Waals surface area contributed by atoms with Gasteiger partial charge in [0.25, 0.3) is 0 Å². The van der Waals surface area contributed by atoms with Crippen LogP contribution in [0.2, 0.25) is 0 Å². The Balaban J connectivity index is 1.73. The molecule has 1 aliphatic rings. The van der Waals surface area contributed by atoms with Crippen molar-refractivity contribution in [2.24, 2.45) is 0 Å². The fourth-order valence-electron chi connectivity index (χ4n) is 2.25. The highest BCUT2D eigenvalue weighted by atomic mass is 16.3. The summed E-state index contributed by atoms with van der Waals surface area (Å²) in [4.78, 5) is 2.50. The van der Waals surface area contributed by atoms with Gasteiger partial charge in [0.05, 0.1) is 12.3 Å². The van der Waals surface area contributed by atoms with E-state index in [1.54, 1.807) is 0 Å². The van der Waals surface area contributed by atoms with Crippen molar-refractivity contribution >= 4 is 0 Å². The molecule has 2 rings (SSSR count). The van der Waals surface area contributed by atoms with Crippen molar-refractivity contribution in [2.45, 2.75) is 45.3 Å². The smallest absolute Gasteiger partial charge is 0.111 e. The van der Waals surface area contributed by atoms with Gasteiger partial charge in [-0.25, -0.2) is 0 Å². The maximum atomic E-state index is 9.62. The van der Waals surface area contributed by atoms with Crippen molar-refractivity contribution in [3.63, 3.8) is 0 Å². The van der Waals surface area contributed by atoms with E-state index in [0.717, 1.165) is 19.5 Å². The largest absolute Gasteiger partial charge is 0.387 e. The van der Waals surface area contributed by atoms with E-state index in [9.17, 15) is 5.11 Å². The monoisotopic (exact) mass is 238 g/mol. The maximum absolute atomic E-state index is 9.62. The Labute approximate surface area is 102 Å². The topological polar surface area (TPSA) is 54.2 Å². The lowest BCUT2D eigenvalue weighted by molar-refractivity contribution is 0.168. The van der Waals surface area contributed by atoms with Gasteiger partial charge in [0.2, 0.25) is 0 Å². The lowest BCUT2D eigenvalue weighted by Crippen LogP contribution is -2.21. The van der Waals surface area contributed by atoms with Crippen molar-refractivity contribution < 1.29 is 5.11 Å². The molecule has 17 heavy (non-hydrogen) atoms. The number of rotatable bonds is 6. The number of aryl methyl sites for hydroxylation is 1. The van der Waals surface area contributed by atoms with Crippen LogP contribution in [0.25, 0.3) is 0 Å². The molecule has 5 nitrogen and oxygen atoms in total. The number of likely N-dealkylation sites (tertiary alicyclic amines) is 1. The first-order valence-corrected chi connectivity index (χ1v) is 6.60. The number of aliphatic hydroxyl groups excluding tert-OH is 1. The van der Waals surface area contributed by atoms with E-state index in [2.05, 4.69) is 15.2 Å². The Hall–Kier alpha value is -0.940. The summed E-state index contributed by atoms with van der Waals surface area (Å²) >= 11 is 0. The summed E-state index contributed by atoms with van der Waals surface area (Å²) in [5, 5.41) is 17.6. The van der Waals surface area contributed by atoms with Crippen molar-refractivity contribution in [3.05, 3.63) is 11.9 Å². The second kappa shape index (κ2) is 6.12. The number of hydrogen-bond acceptors (Lipinski definition) is 4. The highest BCUT2D eigenvalue weighted by Crippen LogP contribution is 2.12. The van der Waals surface area contributed by atoms with Crippen LogP contribution in [-0.4, -0.2) is 44.6 Å². The summed E-state index contributed by atoms with van der Waals surface area (Å²) in [6, 6.07) is 0. The fourth-order valence-corrected chi connectivity index (χ4v) is 2.25. The van der Waals surface area contributed by atoms with Crippen LogP contribution >= 0.6 is 0 Å². The molecule has 5 heteroatoms. The summed E-state index contributed by atoms with van der Waals surface area (Å²) in [7, 11) is 0. The quantitative estimate of drug-likeness (QED) is 0.809. The molecule has 0 spiro atoms. The summed E-state index contributed by atoms with van der Waals surface area (Å²) < 4.78 is 1.84. The Morgan fingerprint density at radius 1 is 1.35 bits per heavy atom. The zero-order chi connectivity index (χ0) is 12.1. The van der Waals surface area contributed by atoms with Gasteiger partial charge in [0, 0.05) is 6.54 Å². The van der Waals surface area contributed by atoms with E-state index in [1.165, 1.54) is 25.9 Å². The van der Waals surface area contributed by atoms with Crippen LogP contribution in [0.4, 0.5) is 0 Å². The van der Waals surface area contributed by atoms with E-state index >= 15 is 0 Å². The first-order chi connectivity index (χ1) is 8.29. The molecule has 0 amide bonds. The van der Waals surface area contributed by atoms with Gasteiger partial charge in [0.1, 0.15) is 5.69 Å². The molecule has 1 fully saturated rings. The van der Waals surface area contributed by atoms with Crippen molar-refractivity contribution in [1.29, 1.82) is 0 Å². The van der Waals surface area contributed by atoms with E-state index in [4.69, 9.17) is 0 Å². The summed E-state index contributed by atoms with van der Waals surface area (Å²) in [6.45, 7) is 6.47. The van der Waals surface area contributed by atoms with Crippen molar-refractivity contribution in [3.8, 4) is 0 Å². The third-order valence-electron chi connectivity index (χ3n) is 3.34. The lowest BCUT2D eigenvalue weighted by Gasteiger charge is -2.13. The minimum atomic E-state index is -0.470. The molecule has 0 aliphatic carbocycles. The van der Waals surface area contributed by atoms with Gasteiger partial charge in [0.15, 0.2) is 0 Å². The van der Waals surface area contributed by atoms with Crippen molar-refractivity contribution in [1.82, 2.24) is 19.9 Å². The molecule has 0 aromatic carbocycles. The third-order valence-corrected chi connectivity index (χ3v) is 3.34.